The first kappa shape index (κ1) is 15.5. The molecule has 4 heterocycles. The van der Waals surface area contributed by atoms with E-state index in [2.05, 4.69) is 31.5 Å². The summed E-state index contributed by atoms with van der Waals surface area (Å²) in [7, 11) is 0. The van der Waals surface area contributed by atoms with Gasteiger partial charge in [-0.15, -0.1) is 12.4 Å². The van der Waals surface area contributed by atoms with Crippen LogP contribution in [0.15, 0.2) is 30.7 Å². The van der Waals surface area contributed by atoms with Crippen molar-refractivity contribution in [3.8, 4) is 11.3 Å². The molecule has 0 bridgehead atoms. The third-order valence-corrected chi connectivity index (χ3v) is 4.91. The Hall–Kier alpha value is -1.43. The highest BCUT2D eigenvalue weighted by atomic mass is 35.5. The standard InChI is InChI=1S/C16H21N5.ClH/c1-2-13(8-17-5-1)15-14(9-19-20-15)10-21-7-4-16(12-21)3-6-18-11-16;/h1-2,5,8-9,18H,3-4,6-7,10-12H2,(H,19,20);1H. The zero-order valence-corrected chi connectivity index (χ0v) is 13.4. The van der Waals surface area contributed by atoms with Gasteiger partial charge in [-0.3, -0.25) is 15.0 Å². The molecule has 2 aliphatic rings. The van der Waals surface area contributed by atoms with E-state index in [-0.39, 0.29) is 12.4 Å². The van der Waals surface area contributed by atoms with Gasteiger partial charge in [0.15, 0.2) is 0 Å². The van der Waals surface area contributed by atoms with Gasteiger partial charge in [-0.1, -0.05) is 0 Å². The number of halogens is 1. The van der Waals surface area contributed by atoms with Crippen LogP contribution in [0.4, 0.5) is 0 Å². The van der Waals surface area contributed by atoms with Crippen LogP contribution in [-0.2, 0) is 6.54 Å². The minimum Gasteiger partial charge on any atom is -0.316 e. The Labute approximate surface area is 136 Å². The number of hydrogen-bond donors (Lipinski definition) is 2. The van der Waals surface area contributed by atoms with Crippen LogP contribution in [0.5, 0.6) is 0 Å². The molecule has 2 saturated heterocycles. The lowest BCUT2D eigenvalue weighted by molar-refractivity contribution is 0.269. The van der Waals surface area contributed by atoms with Gasteiger partial charge in [-0.2, -0.15) is 5.10 Å². The van der Waals surface area contributed by atoms with Crippen molar-refractivity contribution in [3.63, 3.8) is 0 Å². The van der Waals surface area contributed by atoms with E-state index in [1.165, 1.54) is 44.6 Å². The lowest BCUT2D eigenvalue weighted by atomic mass is 9.86. The second-order valence-corrected chi connectivity index (χ2v) is 6.40. The van der Waals surface area contributed by atoms with Gasteiger partial charge in [0.2, 0.25) is 0 Å². The number of rotatable bonds is 3. The lowest BCUT2D eigenvalue weighted by Gasteiger charge is -2.22. The molecule has 2 aromatic heterocycles. The Balaban J connectivity index is 0.00000144. The molecule has 1 atom stereocenters. The van der Waals surface area contributed by atoms with Crippen molar-refractivity contribution >= 4 is 12.4 Å². The summed E-state index contributed by atoms with van der Waals surface area (Å²) in [6, 6.07) is 4.05. The quantitative estimate of drug-likeness (QED) is 0.909. The van der Waals surface area contributed by atoms with Gasteiger partial charge in [-0.25, -0.2) is 0 Å². The van der Waals surface area contributed by atoms with E-state index in [1.807, 2.05) is 18.5 Å². The predicted octanol–water partition coefficient (Wildman–Crippen LogP) is 2.08. The number of likely N-dealkylation sites (tertiary alicyclic amines) is 1. The van der Waals surface area contributed by atoms with E-state index in [0.29, 0.717) is 5.41 Å². The van der Waals surface area contributed by atoms with Crippen LogP contribution in [0.2, 0.25) is 0 Å². The van der Waals surface area contributed by atoms with Gasteiger partial charge >= 0.3 is 0 Å². The number of H-pyrrole nitrogens is 1. The van der Waals surface area contributed by atoms with E-state index in [0.717, 1.165) is 17.8 Å². The molecular formula is C16H22ClN5. The summed E-state index contributed by atoms with van der Waals surface area (Å²) in [4.78, 5) is 6.77. The molecule has 0 amide bonds. The number of aromatic amines is 1. The van der Waals surface area contributed by atoms with Gasteiger partial charge in [0.1, 0.15) is 0 Å². The van der Waals surface area contributed by atoms with Crippen LogP contribution in [0.3, 0.4) is 0 Å². The first-order chi connectivity index (χ1) is 10.3. The Bertz CT molecular complexity index is 606. The number of nitrogens with zero attached hydrogens (tertiary/aromatic N) is 3. The average Bonchev–Trinajstić information content (AvgIpc) is 3.24. The van der Waals surface area contributed by atoms with Crippen molar-refractivity contribution in [3.05, 3.63) is 36.3 Å². The molecule has 0 radical (unpaired) electrons. The highest BCUT2D eigenvalue weighted by molar-refractivity contribution is 5.85. The first-order valence-electron chi connectivity index (χ1n) is 7.70. The fourth-order valence-electron chi connectivity index (χ4n) is 3.74. The molecule has 5 nitrogen and oxygen atoms in total. The molecule has 2 aliphatic heterocycles. The number of hydrogen-bond acceptors (Lipinski definition) is 4. The van der Waals surface area contributed by atoms with Crippen LogP contribution in [0.25, 0.3) is 11.3 Å². The van der Waals surface area contributed by atoms with Crippen molar-refractivity contribution in [2.75, 3.05) is 26.2 Å². The van der Waals surface area contributed by atoms with Crippen molar-refractivity contribution in [2.24, 2.45) is 5.41 Å². The summed E-state index contributed by atoms with van der Waals surface area (Å²) in [5, 5.41) is 10.9. The van der Waals surface area contributed by atoms with Gasteiger partial charge in [0, 0.05) is 43.2 Å². The zero-order valence-electron chi connectivity index (χ0n) is 12.6. The highest BCUT2D eigenvalue weighted by Crippen LogP contribution is 2.37. The van der Waals surface area contributed by atoms with Crippen LogP contribution < -0.4 is 5.32 Å². The fraction of sp³-hybridized carbons (Fsp3) is 0.500. The van der Waals surface area contributed by atoms with Gasteiger partial charge in [-0.05, 0) is 43.5 Å². The van der Waals surface area contributed by atoms with Crippen LogP contribution in [0, 0.1) is 5.41 Å². The maximum Gasteiger partial charge on any atom is 0.0710 e. The highest BCUT2D eigenvalue weighted by Gasteiger charge is 2.40. The monoisotopic (exact) mass is 319 g/mol. The summed E-state index contributed by atoms with van der Waals surface area (Å²) < 4.78 is 0. The lowest BCUT2D eigenvalue weighted by Crippen LogP contribution is -2.28. The summed E-state index contributed by atoms with van der Waals surface area (Å²) in [6.07, 6.45) is 8.30. The van der Waals surface area contributed by atoms with Gasteiger partial charge in [0.05, 0.1) is 11.9 Å². The summed E-state index contributed by atoms with van der Waals surface area (Å²) in [5.74, 6) is 0. The van der Waals surface area contributed by atoms with Crippen molar-refractivity contribution in [1.82, 2.24) is 25.4 Å². The van der Waals surface area contributed by atoms with Crippen molar-refractivity contribution in [2.45, 2.75) is 19.4 Å². The molecule has 1 unspecified atom stereocenters. The maximum absolute atomic E-state index is 4.24. The fourth-order valence-corrected chi connectivity index (χ4v) is 3.74. The average molecular weight is 320 g/mol. The topological polar surface area (TPSA) is 56.8 Å². The molecule has 6 heteroatoms. The van der Waals surface area contributed by atoms with E-state index >= 15 is 0 Å². The number of pyridine rings is 1. The summed E-state index contributed by atoms with van der Waals surface area (Å²) in [6.45, 7) is 5.74. The van der Waals surface area contributed by atoms with Crippen molar-refractivity contribution < 1.29 is 0 Å². The first-order valence-corrected chi connectivity index (χ1v) is 7.70. The molecule has 118 valence electrons. The Morgan fingerprint density at radius 2 is 2.23 bits per heavy atom. The van der Waals surface area contributed by atoms with Crippen LogP contribution in [0.1, 0.15) is 18.4 Å². The third-order valence-electron chi connectivity index (χ3n) is 4.91. The largest absolute Gasteiger partial charge is 0.316 e. The predicted molar refractivity (Wildman–Crippen MR) is 88.9 cm³/mol. The smallest absolute Gasteiger partial charge is 0.0710 e. The molecular weight excluding hydrogens is 298 g/mol. The number of nitrogens with one attached hydrogen (secondary N) is 2. The SMILES string of the molecule is Cl.c1cncc(-c2[nH]ncc2CN2CCC3(CCNC3)C2)c1. The molecule has 2 N–H and O–H groups in total. The van der Waals surface area contributed by atoms with E-state index in [1.54, 1.807) is 6.20 Å². The molecule has 4 rings (SSSR count). The Morgan fingerprint density at radius 3 is 3.00 bits per heavy atom. The molecule has 0 aromatic carbocycles. The zero-order chi connectivity index (χ0) is 14.1. The minimum atomic E-state index is 0. The minimum absolute atomic E-state index is 0. The van der Waals surface area contributed by atoms with Crippen LogP contribution >= 0.6 is 12.4 Å². The van der Waals surface area contributed by atoms with E-state index in [4.69, 9.17) is 0 Å². The third kappa shape index (κ3) is 2.89. The van der Waals surface area contributed by atoms with E-state index in [9.17, 15) is 0 Å². The summed E-state index contributed by atoms with van der Waals surface area (Å²) in [5.41, 5.74) is 4.01. The Morgan fingerprint density at radius 1 is 1.27 bits per heavy atom. The molecule has 2 fully saturated rings. The molecule has 1 spiro atoms. The second kappa shape index (κ2) is 6.36. The van der Waals surface area contributed by atoms with Gasteiger partial charge < -0.3 is 5.32 Å². The second-order valence-electron chi connectivity index (χ2n) is 6.40. The normalized spacial score (nSPS) is 24.7. The Kier molecular flexibility index (Phi) is 4.47. The molecule has 0 saturated carbocycles. The molecule has 0 aliphatic carbocycles. The summed E-state index contributed by atoms with van der Waals surface area (Å²) >= 11 is 0. The maximum atomic E-state index is 4.24. The van der Waals surface area contributed by atoms with Crippen LogP contribution in [-0.4, -0.2) is 46.3 Å². The molecule has 2 aromatic rings. The van der Waals surface area contributed by atoms with E-state index < -0.39 is 0 Å². The van der Waals surface area contributed by atoms with Gasteiger partial charge in [0.25, 0.3) is 0 Å². The molecule has 22 heavy (non-hydrogen) atoms. The number of aromatic nitrogens is 3. The van der Waals surface area contributed by atoms with Crippen molar-refractivity contribution in [1.29, 1.82) is 0 Å².